The molecule has 0 aromatic carbocycles. The van der Waals surface area contributed by atoms with Crippen LogP contribution < -0.4 is 0 Å². The quantitative estimate of drug-likeness (QED) is 0.758. The van der Waals surface area contributed by atoms with Crippen LogP contribution in [0.3, 0.4) is 0 Å². The normalized spacial score (nSPS) is 14.1. The van der Waals surface area contributed by atoms with E-state index in [4.69, 9.17) is 10.7 Å². The topological polar surface area (TPSA) is 64.8 Å². The molecule has 0 aliphatic carbocycles. The summed E-state index contributed by atoms with van der Waals surface area (Å²) in [7, 11) is 3.01. The molecule has 0 amide bonds. The van der Waals surface area contributed by atoms with E-state index in [-0.39, 0.29) is 5.16 Å². The zero-order chi connectivity index (χ0) is 11.6. The number of hydrogen-bond acceptors (Lipinski definition) is 4. The van der Waals surface area contributed by atoms with Crippen LogP contribution >= 0.6 is 10.7 Å². The van der Waals surface area contributed by atoms with Gasteiger partial charge in [-0.25, -0.2) is 8.42 Å². The molecule has 1 aromatic rings. The van der Waals surface area contributed by atoms with Gasteiger partial charge in [0.1, 0.15) is 5.82 Å². The van der Waals surface area contributed by atoms with Gasteiger partial charge in [0.15, 0.2) is 0 Å². The molecule has 15 heavy (non-hydrogen) atoms. The van der Waals surface area contributed by atoms with Gasteiger partial charge in [0, 0.05) is 24.2 Å². The molecular formula is C8H14ClN3O2S. The van der Waals surface area contributed by atoms with Gasteiger partial charge in [0.25, 0.3) is 14.2 Å². The lowest BCUT2D eigenvalue weighted by molar-refractivity contribution is 0.526. The fourth-order valence-corrected chi connectivity index (χ4v) is 2.17. The molecule has 1 atom stereocenters. The monoisotopic (exact) mass is 251 g/mol. The van der Waals surface area contributed by atoms with Crippen LogP contribution in [-0.4, -0.2) is 23.2 Å². The van der Waals surface area contributed by atoms with Gasteiger partial charge in [-0.1, -0.05) is 20.3 Å². The Hall–Kier alpha value is -0.620. The summed E-state index contributed by atoms with van der Waals surface area (Å²) in [5.74, 6) is 1.09. The van der Waals surface area contributed by atoms with E-state index in [0.29, 0.717) is 18.2 Å². The molecule has 0 aliphatic heterocycles. The van der Waals surface area contributed by atoms with Crippen LogP contribution in [0.25, 0.3) is 0 Å². The van der Waals surface area contributed by atoms with E-state index in [1.165, 1.54) is 4.57 Å². The Balaban J connectivity index is 3.00. The second-order valence-corrected chi connectivity index (χ2v) is 6.07. The lowest BCUT2D eigenvalue weighted by Crippen LogP contribution is -2.08. The Kier molecular flexibility index (Phi) is 3.72. The molecule has 0 N–H and O–H groups in total. The SMILES string of the molecule is CCC(C)Cc1nnc(S(=O)(=O)Cl)n1C. The van der Waals surface area contributed by atoms with Gasteiger partial charge in [0.2, 0.25) is 0 Å². The fourth-order valence-electron chi connectivity index (χ4n) is 1.19. The summed E-state index contributed by atoms with van der Waals surface area (Å²) in [4.78, 5) is 0. The van der Waals surface area contributed by atoms with Crippen LogP contribution in [0, 0.1) is 5.92 Å². The molecular weight excluding hydrogens is 238 g/mol. The fraction of sp³-hybridized carbons (Fsp3) is 0.750. The first kappa shape index (κ1) is 12.4. The molecule has 1 heterocycles. The molecule has 0 bridgehead atoms. The maximum absolute atomic E-state index is 11.1. The highest BCUT2D eigenvalue weighted by atomic mass is 35.7. The van der Waals surface area contributed by atoms with Crippen molar-refractivity contribution < 1.29 is 8.42 Å². The van der Waals surface area contributed by atoms with E-state index in [2.05, 4.69) is 24.0 Å². The van der Waals surface area contributed by atoms with Gasteiger partial charge in [-0.15, -0.1) is 10.2 Å². The number of nitrogens with zero attached hydrogens (tertiary/aromatic N) is 3. The first-order valence-corrected chi connectivity index (χ1v) is 7.00. The molecule has 0 radical (unpaired) electrons. The second-order valence-electron chi connectivity index (χ2n) is 3.61. The first-order valence-electron chi connectivity index (χ1n) is 4.69. The van der Waals surface area contributed by atoms with E-state index in [9.17, 15) is 8.42 Å². The predicted molar refractivity (Wildman–Crippen MR) is 57.2 cm³/mol. The third-order valence-electron chi connectivity index (χ3n) is 2.37. The van der Waals surface area contributed by atoms with Gasteiger partial charge in [0.05, 0.1) is 0 Å². The molecule has 5 nitrogen and oxygen atoms in total. The Bertz CT molecular complexity index is 441. The van der Waals surface area contributed by atoms with E-state index in [0.717, 1.165) is 6.42 Å². The zero-order valence-corrected chi connectivity index (χ0v) is 10.5. The smallest absolute Gasteiger partial charge is 0.296 e. The highest BCUT2D eigenvalue weighted by molar-refractivity contribution is 8.13. The number of rotatable bonds is 4. The minimum Gasteiger partial charge on any atom is -0.304 e. The average molecular weight is 252 g/mol. The lowest BCUT2D eigenvalue weighted by Gasteiger charge is -2.07. The zero-order valence-electron chi connectivity index (χ0n) is 8.94. The summed E-state index contributed by atoms with van der Waals surface area (Å²) in [5, 5.41) is 7.19. The maximum atomic E-state index is 11.1. The van der Waals surface area contributed by atoms with Crippen LogP contribution in [0.15, 0.2) is 5.16 Å². The lowest BCUT2D eigenvalue weighted by atomic mass is 10.1. The van der Waals surface area contributed by atoms with Crippen LogP contribution in [0.2, 0.25) is 0 Å². The summed E-state index contributed by atoms with van der Waals surface area (Å²) in [6.45, 7) is 4.14. The molecule has 0 aliphatic rings. The molecule has 0 spiro atoms. The molecule has 1 rings (SSSR count). The van der Waals surface area contributed by atoms with Crippen molar-refractivity contribution in [2.45, 2.75) is 31.8 Å². The van der Waals surface area contributed by atoms with Crippen LogP contribution in [0.1, 0.15) is 26.1 Å². The minimum absolute atomic E-state index is 0.192. The maximum Gasteiger partial charge on any atom is 0.296 e. The average Bonchev–Trinajstić information content (AvgIpc) is 2.47. The van der Waals surface area contributed by atoms with E-state index in [1.807, 2.05) is 0 Å². The van der Waals surface area contributed by atoms with Crippen LogP contribution in [-0.2, 0) is 22.5 Å². The highest BCUT2D eigenvalue weighted by Crippen LogP contribution is 2.15. The van der Waals surface area contributed by atoms with Gasteiger partial charge in [-0.3, -0.25) is 0 Å². The van der Waals surface area contributed by atoms with E-state index >= 15 is 0 Å². The molecule has 0 saturated carbocycles. The summed E-state index contributed by atoms with van der Waals surface area (Å²) < 4.78 is 23.6. The van der Waals surface area contributed by atoms with E-state index < -0.39 is 9.05 Å². The van der Waals surface area contributed by atoms with Gasteiger partial charge < -0.3 is 4.57 Å². The van der Waals surface area contributed by atoms with Gasteiger partial charge in [-0.2, -0.15) is 0 Å². The van der Waals surface area contributed by atoms with Crippen molar-refractivity contribution in [3.8, 4) is 0 Å². The second kappa shape index (κ2) is 4.49. The van der Waals surface area contributed by atoms with Gasteiger partial charge >= 0.3 is 0 Å². The van der Waals surface area contributed by atoms with Crippen molar-refractivity contribution in [3.63, 3.8) is 0 Å². The molecule has 0 fully saturated rings. The van der Waals surface area contributed by atoms with Gasteiger partial charge in [-0.05, 0) is 5.92 Å². The molecule has 7 heteroatoms. The Labute approximate surface area is 93.9 Å². The van der Waals surface area contributed by atoms with Crippen molar-refractivity contribution in [1.29, 1.82) is 0 Å². The molecule has 0 saturated heterocycles. The third-order valence-corrected chi connectivity index (χ3v) is 3.58. The molecule has 1 aromatic heterocycles. The van der Waals surface area contributed by atoms with Crippen molar-refractivity contribution in [2.24, 2.45) is 13.0 Å². The van der Waals surface area contributed by atoms with Crippen LogP contribution in [0.4, 0.5) is 0 Å². The Morgan fingerprint density at radius 1 is 1.47 bits per heavy atom. The van der Waals surface area contributed by atoms with Crippen LogP contribution in [0.5, 0.6) is 0 Å². The first-order chi connectivity index (χ1) is 6.86. The van der Waals surface area contributed by atoms with Crippen molar-refractivity contribution in [1.82, 2.24) is 14.8 Å². The highest BCUT2D eigenvalue weighted by Gasteiger charge is 2.20. The molecule has 86 valence electrons. The third kappa shape index (κ3) is 2.92. The summed E-state index contributed by atoms with van der Waals surface area (Å²) in [5.41, 5.74) is 0. The molecule has 1 unspecified atom stereocenters. The van der Waals surface area contributed by atoms with Crippen molar-refractivity contribution in [2.75, 3.05) is 0 Å². The standard InChI is InChI=1S/C8H14ClN3O2S/c1-4-6(2)5-7-10-11-8(12(7)3)15(9,13)14/h6H,4-5H2,1-3H3. The number of aromatic nitrogens is 3. The minimum atomic E-state index is -3.79. The number of hydrogen-bond donors (Lipinski definition) is 0. The number of halogens is 1. The largest absolute Gasteiger partial charge is 0.304 e. The summed E-state index contributed by atoms with van der Waals surface area (Å²) in [6.07, 6.45) is 1.71. The Morgan fingerprint density at radius 2 is 2.07 bits per heavy atom. The summed E-state index contributed by atoms with van der Waals surface area (Å²) in [6, 6.07) is 0. The Morgan fingerprint density at radius 3 is 2.47 bits per heavy atom. The summed E-state index contributed by atoms with van der Waals surface area (Å²) >= 11 is 0. The predicted octanol–water partition coefficient (Wildman–Crippen LogP) is 1.33. The van der Waals surface area contributed by atoms with E-state index in [1.54, 1.807) is 7.05 Å². The van der Waals surface area contributed by atoms with Crippen molar-refractivity contribution in [3.05, 3.63) is 5.82 Å². The van der Waals surface area contributed by atoms with Crippen molar-refractivity contribution >= 4 is 19.7 Å².